The number of nitrogens with one attached hydrogen (secondary N) is 2. The Hall–Kier alpha value is -1.59. The highest BCUT2D eigenvalue weighted by molar-refractivity contribution is 5.91. The molecule has 0 saturated carbocycles. The Balaban J connectivity index is 4.07. The Bertz CT molecular complexity index is 237. The molecule has 0 radical (unpaired) electrons. The number of hydrazone groups is 1. The van der Waals surface area contributed by atoms with Crippen LogP contribution in [0.5, 0.6) is 0 Å². The monoisotopic (exact) mass is 186 g/mol. The molecule has 0 saturated heterocycles. The summed E-state index contributed by atoms with van der Waals surface area (Å²) in [6.45, 7) is 4.84. The van der Waals surface area contributed by atoms with Gasteiger partial charge in [-0.15, -0.1) is 0 Å². The van der Waals surface area contributed by atoms with Crippen LogP contribution in [-0.4, -0.2) is 23.7 Å². The van der Waals surface area contributed by atoms with Crippen LogP contribution in [0.2, 0.25) is 0 Å². The van der Waals surface area contributed by atoms with Gasteiger partial charge in [0.05, 0.1) is 11.8 Å². The predicted octanol–water partition coefficient (Wildman–Crippen LogP) is -0.445. The molecule has 74 valence electrons. The van der Waals surface area contributed by atoms with Crippen molar-refractivity contribution in [3.8, 4) is 0 Å². The van der Waals surface area contributed by atoms with E-state index in [9.17, 15) is 9.59 Å². The maximum Gasteiger partial charge on any atom is 0.332 e. The number of nitrogens with two attached hydrogens (primary N) is 1. The quantitative estimate of drug-likeness (QED) is 0.411. The fraction of sp³-hybridized carbons (Fsp3) is 0.571. The van der Waals surface area contributed by atoms with Crippen LogP contribution >= 0.6 is 0 Å². The second-order valence-corrected chi connectivity index (χ2v) is 2.65. The van der Waals surface area contributed by atoms with E-state index < -0.39 is 6.03 Å². The van der Waals surface area contributed by atoms with Gasteiger partial charge in [-0.25, -0.2) is 10.2 Å². The van der Waals surface area contributed by atoms with Crippen LogP contribution in [0.1, 0.15) is 20.8 Å². The summed E-state index contributed by atoms with van der Waals surface area (Å²) in [6.07, 6.45) is 0. The highest BCUT2D eigenvalue weighted by Crippen LogP contribution is 1.86. The summed E-state index contributed by atoms with van der Waals surface area (Å²) in [5.41, 5.74) is 7.45. The summed E-state index contributed by atoms with van der Waals surface area (Å²) >= 11 is 0. The van der Waals surface area contributed by atoms with Gasteiger partial charge >= 0.3 is 6.03 Å². The van der Waals surface area contributed by atoms with Gasteiger partial charge < -0.3 is 11.1 Å². The number of amides is 3. The predicted molar refractivity (Wildman–Crippen MR) is 49.1 cm³/mol. The molecule has 0 aliphatic rings. The fourth-order valence-electron chi connectivity index (χ4n) is 0.649. The molecule has 13 heavy (non-hydrogen) atoms. The number of carbonyl (C=O) groups is 2. The summed E-state index contributed by atoms with van der Waals surface area (Å²) in [7, 11) is 0. The number of rotatable bonds is 3. The van der Waals surface area contributed by atoms with Gasteiger partial charge in [-0.05, 0) is 13.8 Å². The summed E-state index contributed by atoms with van der Waals surface area (Å²) in [5, 5.41) is 6.26. The standard InChI is InChI=1S/C7H14N4O2/c1-4(9-6(3)12)5(2)10-11-7(8)13/h4H,1-3H3,(H,9,12)(H3,8,11,13)/b10-5+. The number of carbonyl (C=O) groups excluding carboxylic acids is 2. The normalized spacial score (nSPS) is 13.3. The van der Waals surface area contributed by atoms with Crippen LogP contribution in [0.25, 0.3) is 0 Å². The Morgan fingerprint density at radius 1 is 1.38 bits per heavy atom. The van der Waals surface area contributed by atoms with Crippen LogP contribution < -0.4 is 16.5 Å². The average Bonchev–Trinajstić information content (AvgIpc) is 1.98. The lowest BCUT2D eigenvalue weighted by molar-refractivity contribution is -0.119. The first-order valence-corrected chi connectivity index (χ1v) is 3.80. The third-order valence-electron chi connectivity index (χ3n) is 1.39. The molecular formula is C7H14N4O2. The molecule has 0 heterocycles. The van der Waals surface area contributed by atoms with Crippen molar-refractivity contribution in [1.29, 1.82) is 0 Å². The van der Waals surface area contributed by atoms with Crippen molar-refractivity contribution in [2.75, 3.05) is 0 Å². The first-order valence-electron chi connectivity index (χ1n) is 3.80. The van der Waals surface area contributed by atoms with E-state index in [1.54, 1.807) is 13.8 Å². The molecule has 3 amide bonds. The molecule has 0 aliphatic carbocycles. The zero-order valence-electron chi connectivity index (χ0n) is 7.92. The molecule has 0 fully saturated rings. The van der Waals surface area contributed by atoms with Gasteiger partial charge in [0.1, 0.15) is 0 Å². The highest BCUT2D eigenvalue weighted by atomic mass is 16.2. The first-order chi connectivity index (χ1) is 5.93. The van der Waals surface area contributed by atoms with Crippen LogP contribution in [0.15, 0.2) is 5.10 Å². The zero-order valence-corrected chi connectivity index (χ0v) is 7.92. The Kier molecular flexibility index (Phi) is 4.50. The number of hydrogen-bond donors (Lipinski definition) is 3. The third-order valence-corrected chi connectivity index (χ3v) is 1.39. The minimum atomic E-state index is -0.727. The van der Waals surface area contributed by atoms with Crippen LogP contribution in [0.3, 0.4) is 0 Å². The van der Waals surface area contributed by atoms with Crippen molar-refractivity contribution in [3.05, 3.63) is 0 Å². The Labute approximate surface area is 76.6 Å². The molecular weight excluding hydrogens is 172 g/mol. The van der Waals surface area contributed by atoms with E-state index >= 15 is 0 Å². The second kappa shape index (κ2) is 5.13. The molecule has 6 heteroatoms. The summed E-state index contributed by atoms with van der Waals surface area (Å²) < 4.78 is 0. The molecule has 4 N–H and O–H groups in total. The van der Waals surface area contributed by atoms with Crippen molar-refractivity contribution >= 4 is 17.6 Å². The van der Waals surface area contributed by atoms with Gasteiger partial charge in [0.25, 0.3) is 0 Å². The number of urea groups is 1. The van der Waals surface area contributed by atoms with Gasteiger partial charge in [-0.1, -0.05) is 0 Å². The van der Waals surface area contributed by atoms with E-state index in [-0.39, 0.29) is 11.9 Å². The van der Waals surface area contributed by atoms with E-state index in [0.717, 1.165) is 0 Å². The molecule has 0 aromatic carbocycles. The molecule has 1 unspecified atom stereocenters. The minimum absolute atomic E-state index is 0.152. The lowest BCUT2D eigenvalue weighted by Crippen LogP contribution is -2.37. The minimum Gasteiger partial charge on any atom is -0.350 e. The molecule has 0 aliphatic heterocycles. The maximum atomic E-state index is 10.6. The topological polar surface area (TPSA) is 96.6 Å². The number of nitrogens with zero attached hydrogens (tertiary/aromatic N) is 1. The molecule has 1 atom stereocenters. The zero-order chi connectivity index (χ0) is 10.4. The van der Waals surface area contributed by atoms with Gasteiger partial charge in [0, 0.05) is 6.92 Å². The van der Waals surface area contributed by atoms with Gasteiger partial charge in [-0.3, -0.25) is 4.79 Å². The van der Waals surface area contributed by atoms with E-state index in [4.69, 9.17) is 5.73 Å². The van der Waals surface area contributed by atoms with Crippen molar-refractivity contribution < 1.29 is 9.59 Å². The van der Waals surface area contributed by atoms with Crippen molar-refractivity contribution in [1.82, 2.24) is 10.7 Å². The molecule has 0 spiro atoms. The van der Waals surface area contributed by atoms with Crippen LogP contribution in [0, 0.1) is 0 Å². The van der Waals surface area contributed by atoms with Crippen molar-refractivity contribution in [3.63, 3.8) is 0 Å². The van der Waals surface area contributed by atoms with E-state index in [0.29, 0.717) is 5.71 Å². The first kappa shape index (κ1) is 11.4. The molecule has 6 nitrogen and oxygen atoms in total. The van der Waals surface area contributed by atoms with Gasteiger partial charge in [0.2, 0.25) is 5.91 Å². The molecule has 0 aromatic heterocycles. The molecule has 0 rings (SSSR count). The summed E-state index contributed by atoms with van der Waals surface area (Å²) in [6, 6.07) is -0.946. The smallest absolute Gasteiger partial charge is 0.332 e. The van der Waals surface area contributed by atoms with E-state index in [2.05, 4.69) is 15.8 Å². The SMILES string of the molecule is CC(=O)NC(C)/C(C)=N/NC(N)=O. The highest BCUT2D eigenvalue weighted by Gasteiger charge is 2.06. The lowest BCUT2D eigenvalue weighted by Gasteiger charge is -2.11. The lowest BCUT2D eigenvalue weighted by atomic mass is 10.2. The van der Waals surface area contributed by atoms with Crippen molar-refractivity contribution in [2.45, 2.75) is 26.8 Å². The van der Waals surface area contributed by atoms with Gasteiger partial charge in [-0.2, -0.15) is 5.10 Å². The Morgan fingerprint density at radius 2 is 1.92 bits per heavy atom. The average molecular weight is 186 g/mol. The van der Waals surface area contributed by atoms with E-state index in [1.165, 1.54) is 6.92 Å². The second-order valence-electron chi connectivity index (χ2n) is 2.65. The largest absolute Gasteiger partial charge is 0.350 e. The summed E-state index contributed by atoms with van der Waals surface area (Å²) in [5.74, 6) is -0.152. The maximum absolute atomic E-state index is 10.6. The van der Waals surface area contributed by atoms with E-state index in [1.807, 2.05) is 0 Å². The van der Waals surface area contributed by atoms with Crippen molar-refractivity contribution in [2.24, 2.45) is 10.8 Å². The van der Waals surface area contributed by atoms with Crippen LogP contribution in [-0.2, 0) is 4.79 Å². The van der Waals surface area contributed by atoms with Crippen LogP contribution in [0.4, 0.5) is 4.79 Å². The Morgan fingerprint density at radius 3 is 2.31 bits per heavy atom. The fourth-order valence-corrected chi connectivity index (χ4v) is 0.649. The third kappa shape index (κ3) is 5.66. The number of primary amides is 1. The molecule has 0 aromatic rings. The number of hydrogen-bond acceptors (Lipinski definition) is 3. The summed E-state index contributed by atoms with van der Waals surface area (Å²) in [4.78, 5) is 20.9. The molecule has 0 bridgehead atoms. The van der Waals surface area contributed by atoms with Gasteiger partial charge in [0.15, 0.2) is 0 Å².